The second-order valence-electron chi connectivity index (χ2n) is 5.34. The smallest absolute Gasteiger partial charge is 0.307 e. The first kappa shape index (κ1) is 16.4. The second-order valence-corrected chi connectivity index (χ2v) is 5.34. The molecule has 0 unspecified atom stereocenters. The number of carbonyl (C=O) groups is 1. The van der Waals surface area contributed by atoms with Gasteiger partial charge in [0.15, 0.2) is 0 Å². The first-order valence-electron chi connectivity index (χ1n) is 7.93. The van der Waals surface area contributed by atoms with Crippen LogP contribution in [0.2, 0.25) is 0 Å². The van der Waals surface area contributed by atoms with Crippen LogP contribution in [-0.4, -0.2) is 24.0 Å². The van der Waals surface area contributed by atoms with E-state index in [2.05, 4.69) is 22.4 Å². The van der Waals surface area contributed by atoms with Gasteiger partial charge in [-0.1, -0.05) is 50.3 Å². The zero-order valence-electron chi connectivity index (χ0n) is 13.3. The van der Waals surface area contributed by atoms with Crippen LogP contribution in [0.1, 0.15) is 38.7 Å². The highest BCUT2D eigenvalue weighted by Gasteiger charge is 2.38. The zero-order valence-corrected chi connectivity index (χ0v) is 13.3. The molecule has 2 rings (SSSR count). The third-order valence-electron chi connectivity index (χ3n) is 3.79. The molecule has 0 amide bonds. The summed E-state index contributed by atoms with van der Waals surface area (Å²) in [6, 6.07) is 10.3. The molecule has 0 saturated carbocycles. The Morgan fingerprint density at radius 3 is 2.77 bits per heavy atom. The van der Waals surface area contributed by atoms with E-state index in [1.807, 2.05) is 31.2 Å². The minimum absolute atomic E-state index is 0.205. The molecule has 1 atom stereocenters. The summed E-state index contributed by atoms with van der Waals surface area (Å²) >= 11 is 0. The maximum absolute atomic E-state index is 11.8. The van der Waals surface area contributed by atoms with Gasteiger partial charge in [0.05, 0.1) is 5.71 Å². The number of hydrogen-bond acceptors (Lipinski definition) is 4. The normalized spacial score (nSPS) is 20.5. The summed E-state index contributed by atoms with van der Waals surface area (Å²) in [7, 11) is 0. The Labute approximate surface area is 132 Å². The lowest BCUT2D eigenvalue weighted by Crippen LogP contribution is -2.56. The number of nitrogens with zero attached hydrogens (tertiary/aromatic N) is 1. The number of benzene rings is 1. The van der Waals surface area contributed by atoms with Crippen molar-refractivity contribution in [2.45, 2.75) is 45.3 Å². The van der Waals surface area contributed by atoms with Gasteiger partial charge in [-0.2, -0.15) is 0 Å². The van der Waals surface area contributed by atoms with E-state index in [4.69, 9.17) is 4.74 Å². The molecule has 0 radical (unpaired) electrons. The van der Waals surface area contributed by atoms with Crippen molar-refractivity contribution in [1.82, 2.24) is 5.32 Å². The number of aliphatic imine (C=N–C) groups is 1. The van der Waals surface area contributed by atoms with E-state index in [0.717, 1.165) is 25.1 Å². The van der Waals surface area contributed by atoms with Crippen LogP contribution in [0.25, 0.3) is 0 Å². The molecule has 1 aliphatic rings. The summed E-state index contributed by atoms with van der Waals surface area (Å²) in [5.74, 6) is -0.205. The third-order valence-corrected chi connectivity index (χ3v) is 3.79. The number of carbonyl (C=O) groups excluding carboxylic acids is 1. The van der Waals surface area contributed by atoms with Gasteiger partial charge in [-0.15, -0.1) is 0 Å². The number of esters is 1. The Morgan fingerprint density at radius 1 is 1.32 bits per heavy atom. The summed E-state index contributed by atoms with van der Waals surface area (Å²) in [6.45, 7) is 4.57. The van der Waals surface area contributed by atoms with Crippen molar-refractivity contribution in [2.75, 3.05) is 6.54 Å². The van der Waals surface area contributed by atoms with Gasteiger partial charge in [0.2, 0.25) is 5.72 Å². The molecule has 0 bridgehead atoms. The van der Waals surface area contributed by atoms with E-state index in [9.17, 15) is 4.79 Å². The second kappa shape index (κ2) is 7.90. The predicted octanol–water partition coefficient (Wildman–Crippen LogP) is 3.24. The van der Waals surface area contributed by atoms with Gasteiger partial charge < -0.3 is 4.74 Å². The fourth-order valence-electron chi connectivity index (χ4n) is 2.59. The van der Waals surface area contributed by atoms with Gasteiger partial charge in [-0.25, -0.2) is 0 Å². The fourth-order valence-corrected chi connectivity index (χ4v) is 2.59. The molecule has 1 aromatic carbocycles. The average molecular weight is 300 g/mol. The molecule has 1 aliphatic heterocycles. The topological polar surface area (TPSA) is 50.7 Å². The van der Waals surface area contributed by atoms with Crippen molar-refractivity contribution < 1.29 is 9.53 Å². The predicted molar refractivity (Wildman–Crippen MR) is 88.7 cm³/mol. The highest BCUT2D eigenvalue weighted by molar-refractivity contribution is 5.95. The summed E-state index contributed by atoms with van der Waals surface area (Å²) in [5.41, 5.74) is 1.35. The molecule has 1 heterocycles. The quantitative estimate of drug-likeness (QED) is 0.621. The van der Waals surface area contributed by atoms with E-state index < -0.39 is 5.72 Å². The van der Waals surface area contributed by atoms with E-state index >= 15 is 0 Å². The standard InChI is InChI=1S/C18H24N2O2/c1-3-16-18(12-8-13-19-16,22-17(21)4-2)20-14-11-15-9-6-5-7-10-15/h5-10,13,20H,3-4,11-12,14H2,1-2H3/t18-/m0/s1. The third kappa shape index (κ3) is 4.04. The van der Waals surface area contributed by atoms with E-state index in [1.165, 1.54) is 5.56 Å². The van der Waals surface area contributed by atoms with Gasteiger partial charge in [0.25, 0.3) is 0 Å². The van der Waals surface area contributed by atoms with Crippen molar-refractivity contribution in [3.63, 3.8) is 0 Å². The molecule has 22 heavy (non-hydrogen) atoms. The van der Waals surface area contributed by atoms with Crippen molar-refractivity contribution in [3.8, 4) is 0 Å². The van der Waals surface area contributed by atoms with Crippen LogP contribution in [0.4, 0.5) is 0 Å². The molecule has 4 heteroatoms. The number of hydrogen-bond donors (Lipinski definition) is 1. The molecule has 0 aliphatic carbocycles. The minimum Gasteiger partial charge on any atom is -0.438 e. The molecule has 4 nitrogen and oxygen atoms in total. The maximum Gasteiger partial charge on any atom is 0.307 e. The van der Waals surface area contributed by atoms with Crippen LogP contribution in [0.5, 0.6) is 0 Å². The van der Waals surface area contributed by atoms with E-state index in [-0.39, 0.29) is 5.97 Å². The van der Waals surface area contributed by atoms with E-state index in [1.54, 1.807) is 13.1 Å². The van der Waals surface area contributed by atoms with Crippen molar-refractivity contribution in [2.24, 2.45) is 4.99 Å². The van der Waals surface area contributed by atoms with Gasteiger partial charge in [0.1, 0.15) is 0 Å². The lowest BCUT2D eigenvalue weighted by molar-refractivity contribution is -0.155. The molecule has 0 spiro atoms. The molecule has 0 fully saturated rings. The van der Waals surface area contributed by atoms with E-state index in [0.29, 0.717) is 12.8 Å². The highest BCUT2D eigenvalue weighted by Crippen LogP contribution is 2.23. The number of rotatable bonds is 7. The Kier molecular flexibility index (Phi) is 5.90. The Hall–Kier alpha value is -1.94. The molecular weight excluding hydrogens is 276 g/mol. The van der Waals surface area contributed by atoms with Crippen LogP contribution in [0.15, 0.2) is 47.6 Å². The molecule has 1 N–H and O–H groups in total. The molecule has 0 aromatic heterocycles. The average Bonchev–Trinajstić information content (AvgIpc) is 2.56. The van der Waals surface area contributed by atoms with Crippen LogP contribution in [0.3, 0.4) is 0 Å². The summed E-state index contributed by atoms with van der Waals surface area (Å²) in [5, 5.41) is 3.42. The van der Waals surface area contributed by atoms with Gasteiger partial charge in [0, 0.05) is 25.6 Å². The fraction of sp³-hybridized carbons (Fsp3) is 0.444. The maximum atomic E-state index is 11.8. The van der Waals surface area contributed by atoms with Crippen LogP contribution >= 0.6 is 0 Å². The van der Waals surface area contributed by atoms with Crippen molar-refractivity contribution >= 4 is 11.7 Å². The number of nitrogens with one attached hydrogen (secondary N) is 1. The van der Waals surface area contributed by atoms with Crippen molar-refractivity contribution in [1.29, 1.82) is 0 Å². The van der Waals surface area contributed by atoms with Crippen LogP contribution < -0.4 is 5.32 Å². The monoisotopic (exact) mass is 300 g/mol. The van der Waals surface area contributed by atoms with Crippen molar-refractivity contribution in [3.05, 3.63) is 48.2 Å². The van der Waals surface area contributed by atoms with Crippen LogP contribution in [-0.2, 0) is 16.0 Å². The minimum atomic E-state index is -0.786. The van der Waals surface area contributed by atoms with Crippen LogP contribution in [0, 0.1) is 0 Å². The first-order chi connectivity index (χ1) is 10.7. The number of ether oxygens (including phenoxy) is 1. The summed E-state index contributed by atoms with van der Waals surface area (Å²) < 4.78 is 5.74. The Balaban J connectivity index is 2.06. The molecular formula is C18H24N2O2. The summed E-state index contributed by atoms with van der Waals surface area (Å²) in [6.07, 6.45) is 6.35. The lowest BCUT2D eigenvalue weighted by atomic mass is 9.98. The first-order valence-corrected chi connectivity index (χ1v) is 7.93. The van der Waals surface area contributed by atoms with Gasteiger partial charge in [-0.05, 0) is 18.4 Å². The molecule has 0 saturated heterocycles. The Morgan fingerprint density at radius 2 is 2.09 bits per heavy atom. The highest BCUT2D eigenvalue weighted by atomic mass is 16.6. The van der Waals surface area contributed by atoms with Gasteiger partial charge >= 0.3 is 5.97 Å². The Bertz CT molecular complexity index is 551. The SMILES string of the molecule is CCC(=O)O[C@@]1(NCCc2ccccc2)CC=CN=C1CC. The van der Waals surface area contributed by atoms with Gasteiger partial charge in [-0.3, -0.25) is 15.1 Å². The molecule has 118 valence electrons. The zero-order chi connectivity index (χ0) is 15.8. The molecule has 1 aromatic rings. The largest absolute Gasteiger partial charge is 0.438 e. The summed E-state index contributed by atoms with van der Waals surface area (Å²) in [4.78, 5) is 16.2. The lowest BCUT2D eigenvalue weighted by Gasteiger charge is -2.36.